The van der Waals surface area contributed by atoms with Crippen LogP contribution in [0.25, 0.3) is 0 Å². The van der Waals surface area contributed by atoms with E-state index in [0.717, 1.165) is 17.1 Å². The van der Waals surface area contributed by atoms with Gasteiger partial charge in [-0.2, -0.15) is 0 Å². The number of methoxy groups -OCH3 is 1. The minimum absolute atomic E-state index is 0.0505. The van der Waals surface area contributed by atoms with E-state index >= 15 is 0 Å². The van der Waals surface area contributed by atoms with E-state index in [0.29, 0.717) is 31.7 Å². The lowest BCUT2D eigenvalue weighted by Gasteiger charge is -2.41. The van der Waals surface area contributed by atoms with Crippen LogP contribution in [-0.4, -0.2) is 43.7 Å². The fourth-order valence-corrected chi connectivity index (χ4v) is 3.46. The van der Waals surface area contributed by atoms with Gasteiger partial charge in [0.15, 0.2) is 0 Å². The number of benzene rings is 2. The number of amides is 1. The highest BCUT2D eigenvalue weighted by Gasteiger charge is 2.37. The first-order valence-corrected chi connectivity index (χ1v) is 9.07. The van der Waals surface area contributed by atoms with Gasteiger partial charge in [-0.1, -0.05) is 18.2 Å². The summed E-state index contributed by atoms with van der Waals surface area (Å²) in [6.07, 6.45) is 0.591. The standard InChI is InChI=1S/C21H22FNO4/c1-25-17-6-7-20-15(9-17)8-16(13-27-20)21(24)23-10-18(11-23)26-12-14-4-2-3-5-19(14)22/h2-7,9,16,18H,8,10-13H2,1H3/t16-/m1/s1. The molecule has 0 aromatic heterocycles. The number of carbonyl (C=O) groups excluding carboxylic acids is 1. The van der Waals surface area contributed by atoms with Crippen LogP contribution in [0.2, 0.25) is 0 Å². The second kappa shape index (κ2) is 7.56. The summed E-state index contributed by atoms with van der Waals surface area (Å²) < 4.78 is 30.3. The number of fused-ring (bicyclic) bond motifs is 1. The maximum Gasteiger partial charge on any atom is 0.229 e. The van der Waals surface area contributed by atoms with Crippen molar-refractivity contribution in [1.82, 2.24) is 4.90 Å². The number of hydrogen-bond donors (Lipinski definition) is 0. The summed E-state index contributed by atoms with van der Waals surface area (Å²) in [7, 11) is 1.62. The predicted octanol–water partition coefficient (Wildman–Crippen LogP) is 2.81. The van der Waals surface area contributed by atoms with E-state index in [4.69, 9.17) is 14.2 Å². The maximum absolute atomic E-state index is 13.6. The van der Waals surface area contributed by atoms with Crippen LogP contribution in [0.15, 0.2) is 42.5 Å². The molecule has 1 saturated heterocycles. The third kappa shape index (κ3) is 3.76. The van der Waals surface area contributed by atoms with Crippen molar-refractivity contribution in [3.05, 3.63) is 59.4 Å². The van der Waals surface area contributed by atoms with E-state index < -0.39 is 0 Å². The monoisotopic (exact) mass is 371 g/mol. The van der Waals surface area contributed by atoms with Gasteiger partial charge >= 0.3 is 0 Å². The van der Waals surface area contributed by atoms with Crippen molar-refractivity contribution >= 4 is 5.91 Å². The Bertz CT molecular complexity index is 835. The molecule has 2 aliphatic heterocycles. The van der Waals surface area contributed by atoms with E-state index in [-0.39, 0.29) is 30.4 Å². The topological polar surface area (TPSA) is 48.0 Å². The highest BCUT2D eigenvalue weighted by atomic mass is 19.1. The van der Waals surface area contributed by atoms with Gasteiger partial charge < -0.3 is 19.1 Å². The number of rotatable bonds is 5. The Morgan fingerprint density at radius 1 is 1.26 bits per heavy atom. The number of nitrogens with zero attached hydrogens (tertiary/aromatic N) is 1. The molecule has 2 heterocycles. The Morgan fingerprint density at radius 3 is 2.85 bits per heavy atom. The summed E-state index contributed by atoms with van der Waals surface area (Å²) in [5.41, 5.74) is 1.53. The maximum atomic E-state index is 13.6. The van der Waals surface area contributed by atoms with Gasteiger partial charge in [0, 0.05) is 18.7 Å². The highest BCUT2D eigenvalue weighted by Crippen LogP contribution is 2.32. The van der Waals surface area contributed by atoms with Crippen molar-refractivity contribution in [2.75, 3.05) is 26.8 Å². The normalized spacial score (nSPS) is 19.0. The SMILES string of the molecule is COc1ccc2c(c1)C[C@@H](C(=O)N1CC(OCc3ccccc3F)C1)CO2. The quantitative estimate of drug-likeness (QED) is 0.811. The first kappa shape index (κ1) is 17.8. The van der Waals surface area contributed by atoms with Crippen LogP contribution in [0.5, 0.6) is 11.5 Å². The lowest BCUT2D eigenvalue weighted by atomic mass is 9.94. The van der Waals surface area contributed by atoms with Gasteiger partial charge in [0.1, 0.15) is 23.9 Å². The van der Waals surface area contributed by atoms with Gasteiger partial charge in [-0.15, -0.1) is 0 Å². The molecule has 0 bridgehead atoms. The Balaban J connectivity index is 1.28. The summed E-state index contributed by atoms with van der Waals surface area (Å²) in [5.74, 6) is 1.19. The summed E-state index contributed by atoms with van der Waals surface area (Å²) in [5, 5.41) is 0. The van der Waals surface area contributed by atoms with Crippen LogP contribution in [0.4, 0.5) is 4.39 Å². The molecular formula is C21H22FNO4. The van der Waals surface area contributed by atoms with Crippen LogP contribution in [0, 0.1) is 11.7 Å². The molecule has 0 unspecified atom stereocenters. The van der Waals surface area contributed by atoms with Gasteiger partial charge in [0.2, 0.25) is 5.91 Å². The van der Waals surface area contributed by atoms with Crippen molar-refractivity contribution in [3.8, 4) is 11.5 Å². The average Bonchev–Trinajstić information content (AvgIpc) is 2.67. The molecular weight excluding hydrogens is 349 g/mol. The van der Waals surface area contributed by atoms with E-state index in [1.165, 1.54) is 6.07 Å². The molecule has 2 aliphatic rings. The predicted molar refractivity (Wildman–Crippen MR) is 97.2 cm³/mol. The summed E-state index contributed by atoms with van der Waals surface area (Å²) in [6, 6.07) is 12.2. The summed E-state index contributed by atoms with van der Waals surface area (Å²) in [4.78, 5) is 14.5. The first-order chi connectivity index (χ1) is 13.1. The molecule has 2 aromatic carbocycles. The fraction of sp³-hybridized carbons (Fsp3) is 0.381. The molecule has 1 atom stereocenters. The van der Waals surface area contributed by atoms with Crippen LogP contribution in [0.1, 0.15) is 11.1 Å². The van der Waals surface area contributed by atoms with Crippen molar-refractivity contribution in [1.29, 1.82) is 0 Å². The third-order valence-electron chi connectivity index (χ3n) is 5.12. The van der Waals surface area contributed by atoms with Gasteiger partial charge in [-0.05, 0) is 36.2 Å². The summed E-state index contributed by atoms with van der Waals surface area (Å²) in [6.45, 7) is 1.68. The fourth-order valence-electron chi connectivity index (χ4n) is 3.46. The van der Waals surface area contributed by atoms with Crippen molar-refractivity contribution in [2.45, 2.75) is 19.1 Å². The van der Waals surface area contributed by atoms with Crippen molar-refractivity contribution < 1.29 is 23.4 Å². The molecule has 0 aliphatic carbocycles. The van der Waals surface area contributed by atoms with E-state index in [1.807, 2.05) is 18.2 Å². The molecule has 27 heavy (non-hydrogen) atoms. The number of hydrogen-bond acceptors (Lipinski definition) is 4. The number of halogens is 1. The average molecular weight is 371 g/mol. The van der Waals surface area contributed by atoms with Gasteiger partial charge in [0.25, 0.3) is 0 Å². The molecule has 0 radical (unpaired) electrons. The van der Waals surface area contributed by atoms with Crippen LogP contribution in [-0.2, 0) is 22.6 Å². The molecule has 1 fully saturated rings. The van der Waals surface area contributed by atoms with Crippen molar-refractivity contribution in [3.63, 3.8) is 0 Å². The minimum atomic E-state index is -0.266. The van der Waals surface area contributed by atoms with E-state index in [2.05, 4.69) is 0 Å². The van der Waals surface area contributed by atoms with Gasteiger partial charge in [-0.25, -0.2) is 4.39 Å². The first-order valence-electron chi connectivity index (χ1n) is 9.07. The number of ether oxygens (including phenoxy) is 3. The van der Waals surface area contributed by atoms with E-state index in [1.54, 1.807) is 30.2 Å². The Hall–Kier alpha value is -2.60. The molecule has 142 valence electrons. The molecule has 0 N–H and O–H groups in total. The largest absolute Gasteiger partial charge is 0.497 e. The van der Waals surface area contributed by atoms with E-state index in [9.17, 15) is 9.18 Å². The van der Waals surface area contributed by atoms with Crippen LogP contribution in [0.3, 0.4) is 0 Å². The second-order valence-corrected chi connectivity index (χ2v) is 6.95. The molecule has 0 saturated carbocycles. The van der Waals surface area contributed by atoms with Crippen LogP contribution < -0.4 is 9.47 Å². The Labute approximate surface area is 157 Å². The Kier molecular flexibility index (Phi) is 4.99. The Morgan fingerprint density at radius 2 is 2.07 bits per heavy atom. The lowest BCUT2D eigenvalue weighted by Crippen LogP contribution is -2.57. The zero-order valence-corrected chi connectivity index (χ0v) is 15.2. The molecule has 2 aromatic rings. The summed E-state index contributed by atoms with van der Waals surface area (Å²) >= 11 is 0. The highest BCUT2D eigenvalue weighted by molar-refractivity contribution is 5.80. The molecule has 5 nitrogen and oxygen atoms in total. The minimum Gasteiger partial charge on any atom is -0.497 e. The zero-order chi connectivity index (χ0) is 18.8. The number of likely N-dealkylation sites (tertiary alicyclic amines) is 1. The molecule has 1 amide bonds. The van der Waals surface area contributed by atoms with Crippen LogP contribution >= 0.6 is 0 Å². The van der Waals surface area contributed by atoms with Gasteiger partial charge in [-0.3, -0.25) is 4.79 Å². The molecule has 4 rings (SSSR count). The number of carbonyl (C=O) groups is 1. The second-order valence-electron chi connectivity index (χ2n) is 6.95. The molecule has 6 heteroatoms. The molecule has 0 spiro atoms. The smallest absolute Gasteiger partial charge is 0.229 e. The zero-order valence-electron chi connectivity index (χ0n) is 15.2. The third-order valence-corrected chi connectivity index (χ3v) is 5.12. The lowest BCUT2D eigenvalue weighted by molar-refractivity contribution is -0.151. The van der Waals surface area contributed by atoms with Gasteiger partial charge in [0.05, 0.1) is 25.7 Å². The van der Waals surface area contributed by atoms with Crippen molar-refractivity contribution in [2.24, 2.45) is 5.92 Å².